The molecule has 0 radical (unpaired) electrons. The molecule has 0 amide bonds. The summed E-state index contributed by atoms with van der Waals surface area (Å²) in [6.07, 6.45) is 4.73. The molecule has 148 valence electrons. The zero-order valence-corrected chi connectivity index (χ0v) is 18.9. The maximum Gasteiger partial charge on any atom is 0.0146 e. The molecule has 0 N–H and O–H groups in total. The smallest absolute Gasteiger partial charge is 0.0146 e. The third kappa shape index (κ3) is 4.15. The highest BCUT2D eigenvalue weighted by Gasteiger charge is 2.27. The van der Waals surface area contributed by atoms with E-state index in [2.05, 4.69) is 104 Å². The molecule has 0 spiro atoms. The minimum atomic E-state index is 0.0146. The van der Waals surface area contributed by atoms with Crippen molar-refractivity contribution < 1.29 is 0 Å². The van der Waals surface area contributed by atoms with Gasteiger partial charge in [-0.15, -0.1) is 0 Å². The Morgan fingerprint density at radius 1 is 0.444 bits per heavy atom. The van der Waals surface area contributed by atoms with Gasteiger partial charge in [-0.25, -0.2) is 0 Å². The minimum Gasteiger partial charge on any atom is -0.0645 e. The molecule has 0 aliphatic rings. The van der Waals surface area contributed by atoms with Gasteiger partial charge in [-0.3, -0.25) is 0 Å². The SMILES string of the molecule is CCC(C)(CC)c1ccc(C(C)(C)c2ccc(C(C)(CC)CC)cc2)cc1. The fraction of sp³-hybridized carbons (Fsp3) is 0.556. The van der Waals surface area contributed by atoms with Crippen LogP contribution >= 0.6 is 0 Å². The van der Waals surface area contributed by atoms with E-state index in [0.29, 0.717) is 0 Å². The van der Waals surface area contributed by atoms with Crippen LogP contribution in [0, 0.1) is 0 Å². The zero-order chi connectivity index (χ0) is 20.3. The number of rotatable bonds is 8. The molecule has 0 fully saturated rings. The van der Waals surface area contributed by atoms with Gasteiger partial charge in [0.1, 0.15) is 0 Å². The van der Waals surface area contributed by atoms with Crippen molar-refractivity contribution in [2.75, 3.05) is 0 Å². The third-order valence-corrected chi connectivity index (χ3v) is 7.73. The molecule has 0 atom stereocenters. The monoisotopic (exact) mass is 364 g/mol. The zero-order valence-electron chi connectivity index (χ0n) is 18.9. The van der Waals surface area contributed by atoms with Crippen LogP contribution in [0.3, 0.4) is 0 Å². The van der Waals surface area contributed by atoms with Gasteiger partial charge in [0.05, 0.1) is 0 Å². The summed E-state index contributed by atoms with van der Waals surface area (Å²) in [4.78, 5) is 0. The van der Waals surface area contributed by atoms with Crippen molar-refractivity contribution in [1.29, 1.82) is 0 Å². The van der Waals surface area contributed by atoms with Crippen molar-refractivity contribution in [2.45, 2.75) is 97.3 Å². The molecule has 0 saturated heterocycles. The minimum absolute atomic E-state index is 0.0146. The van der Waals surface area contributed by atoms with E-state index in [0.717, 1.165) is 0 Å². The Morgan fingerprint density at radius 2 is 0.667 bits per heavy atom. The maximum atomic E-state index is 2.38. The lowest BCUT2D eigenvalue weighted by Gasteiger charge is -2.31. The van der Waals surface area contributed by atoms with E-state index in [4.69, 9.17) is 0 Å². The van der Waals surface area contributed by atoms with E-state index >= 15 is 0 Å². The van der Waals surface area contributed by atoms with Crippen molar-refractivity contribution in [3.8, 4) is 0 Å². The molecule has 0 aromatic heterocycles. The lowest BCUT2D eigenvalue weighted by Crippen LogP contribution is -2.23. The maximum absolute atomic E-state index is 2.38. The summed E-state index contributed by atoms with van der Waals surface area (Å²) in [7, 11) is 0. The average molecular weight is 365 g/mol. The summed E-state index contributed by atoms with van der Waals surface area (Å²) in [6.45, 7) is 18.6. The second kappa shape index (κ2) is 8.21. The molecule has 2 aromatic rings. The molecule has 0 unspecified atom stereocenters. The fourth-order valence-electron chi connectivity index (χ4n) is 4.06. The second-order valence-corrected chi connectivity index (χ2v) is 9.32. The van der Waals surface area contributed by atoms with Crippen molar-refractivity contribution >= 4 is 0 Å². The predicted octanol–water partition coefficient (Wildman–Crippen LogP) is 8.17. The van der Waals surface area contributed by atoms with Crippen LogP contribution in [0.25, 0.3) is 0 Å². The summed E-state index contributed by atoms with van der Waals surface area (Å²) in [5, 5.41) is 0. The highest BCUT2D eigenvalue weighted by molar-refractivity contribution is 5.41. The Hall–Kier alpha value is -1.56. The average Bonchev–Trinajstić information content (AvgIpc) is 2.72. The van der Waals surface area contributed by atoms with E-state index in [9.17, 15) is 0 Å². The molecule has 0 nitrogen and oxygen atoms in total. The van der Waals surface area contributed by atoms with Gasteiger partial charge in [-0.2, -0.15) is 0 Å². The van der Waals surface area contributed by atoms with Gasteiger partial charge in [0.25, 0.3) is 0 Å². The molecule has 27 heavy (non-hydrogen) atoms. The molecule has 0 aliphatic heterocycles. The van der Waals surface area contributed by atoms with Crippen LogP contribution in [-0.4, -0.2) is 0 Å². The van der Waals surface area contributed by atoms with Crippen LogP contribution in [0.15, 0.2) is 48.5 Å². The van der Waals surface area contributed by atoms with E-state index in [1.54, 1.807) is 0 Å². The topological polar surface area (TPSA) is 0 Å². The van der Waals surface area contributed by atoms with Crippen molar-refractivity contribution in [1.82, 2.24) is 0 Å². The Labute approximate surface area is 168 Å². The standard InChI is InChI=1S/C27H40/c1-9-26(7,10-2)23-17-13-21(14-18-23)25(5,6)22-15-19-24(20-16-22)27(8,11-3)12-4/h13-20H,9-12H2,1-8H3. The first kappa shape index (κ1) is 21.7. The highest BCUT2D eigenvalue weighted by Crippen LogP contribution is 2.37. The number of benzene rings is 2. The van der Waals surface area contributed by atoms with Gasteiger partial charge in [-0.1, -0.05) is 104 Å². The van der Waals surface area contributed by atoms with Crippen LogP contribution in [0.5, 0.6) is 0 Å². The largest absolute Gasteiger partial charge is 0.0645 e. The molecule has 0 heteroatoms. The fourth-order valence-corrected chi connectivity index (χ4v) is 4.06. The van der Waals surface area contributed by atoms with Crippen LogP contribution in [0.4, 0.5) is 0 Å². The molecule has 0 saturated carbocycles. The summed E-state index contributed by atoms with van der Waals surface area (Å²) in [6, 6.07) is 18.8. The van der Waals surface area contributed by atoms with Crippen LogP contribution < -0.4 is 0 Å². The normalized spacial score (nSPS) is 13.0. The molecular weight excluding hydrogens is 324 g/mol. The van der Waals surface area contributed by atoms with E-state index < -0.39 is 0 Å². The Balaban J connectivity index is 2.33. The lowest BCUT2D eigenvalue weighted by molar-refractivity contribution is 0.438. The van der Waals surface area contributed by atoms with E-state index in [-0.39, 0.29) is 16.2 Å². The van der Waals surface area contributed by atoms with Gasteiger partial charge in [0.15, 0.2) is 0 Å². The van der Waals surface area contributed by atoms with Gasteiger partial charge < -0.3 is 0 Å². The summed E-state index contributed by atoms with van der Waals surface area (Å²) < 4.78 is 0. The quantitative estimate of drug-likeness (QED) is 0.443. The predicted molar refractivity (Wildman–Crippen MR) is 121 cm³/mol. The van der Waals surface area contributed by atoms with Gasteiger partial charge in [0.2, 0.25) is 0 Å². The molecule has 2 rings (SSSR count). The third-order valence-electron chi connectivity index (χ3n) is 7.73. The molecular formula is C27H40. The van der Waals surface area contributed by atoms with Gasteiger partial charge in [0, 0.05) is 5.41 Å². The second-order valence-electron chi connectivity index (χ2n) is 9.32. The number of hydrogen-bond donors (Lipinski definition) is 0. The molecule has 0 bridgehead atoms. The van der Waals surface area contributed by atoms with Gasteiger partial charge in [-0.05, 0) is 58.8 Å². The van der Waals surface area contributed by atoms with Crippen LogP contribution in [-0.2, 0) is 16.2 Å². The highest BCUT2D eigenvalue weighted by atomic mass is 14.3. The molecule has 2 aromatic carbocycles. The van der Waals surface area contributed by atoms with E-state index in [1.807, 2.05) is 0 Å². The number of hydrogen-bond acceptors (Lipinski definition) is 0. The van der Waals surface area contributed by atoms with Gasteiger partial charge >= 0.3 is 0 Å². The Bertz CT molecular complexity index is 644. The Kier molecular flexibility index (Phi) is 6.61. The van der Waals surface area contributed by atoms with Crippen LogP contribution in [0.1, 0.15) is 103 Å². The van der Waals surface area contributed by atoms with Crippen LogP contribution in [0.2, 0.25) is 0 Å². The lowest BCUT2D eigenvalue weighted by atomic mass is 9.73. The summed E-state index contributed by atoms with van der Waals surface area (Å²) in [5.41, 5.74) is 6.29. The summed E-state index contributed by atoms with van der Waals surface area (Å²) >= 11 is 0. The first-order chi connectivity index (χ1) is 12.7. The van der Waals surface area contributed by atoms with E-state index in [1.165, 1.54) is 47.9 Å². The van der Waals surface area contributed by atoms with Crippen molar-refractivity contribution in [3.63, 3.8) is 0 Å². The molecule has 0 aliphatic carbocycles. The molecule has 0 heterocycles. The Morgan fingerprint density at radius 3 is 0.889 bits per heavy atom. The first-order valence-corrected chi connectivity index (χ1v) is 10.9. The van der Waals surface area contributed by atoms with Crippen molar-refractivity contribution in [2.24, 2.45) is 0 Å². The summed E-state index contributed by atoms with van der Waals surface area (Å²) in [5.74, 6) is 0. The van der Waals surface area contributed by atoms with Crippen molar-refractivity contribution in [3.05, 3.63) is 70.8 Å². The first-order valence-electron chi connectivity index (χ1n) is 10.9.